The highest BCUT2D eigenvalue weighted by Crippen LogP contribution is 2.15. The van der Waals surface area contributed by atoms with Gasteiger partial charge in [-0.1, -0.05) is 51.2 Å². The van der Waals surface area contributed by atoms with Crippen molar-refractivity contribution in [2.45, 2.75) is 51.9 Å². The average molecular weight is 430 g/mol. The molecular weight excluding hydrogens is 390 g/mol. The molecule has 2 aromatic rings. The Morgan fingerprint density at radius 1 is 0.581 bits per heavy atom. The Hall–Kier alpha value is -2.24. The lowest BCUT2D eigenvalue weighted by molar-refractivity contribution is 0.0273. The van der Waals surface area contributed by atoms with Gasteiger partial charge in [0.2, 0.25) is 0 Å². The van der Waals surface area contributed by atoms with Gasteiger partial charge in [0.1, 0.15) is 24.7 Å². The zero-order chi connectivity index (χ0) is 22.0. The molecule has 0 aliphatic heterocycles. The zero-order valence-electron chi connectivity index (χ0n) is 19.0. The van der Waals surface area contributed by atoms with Gasteiger partial charge in [-0.15, -0.1) is 0 Å². The molecule has 0 saturated heterocycles. The summed E-state index contributed by atoms with van der Waals surface area (Å²) in [5.74, 6) is 1.69. The molecule has 5 nitrogen and oxygen atoms in total. The van der Waals surface area contributed by atoms with Crippen LogP contribution in [-0.2, 0) is 15.9 Å². The highest BCUT2D eigenvalue weighted by molar-refractivity contribution is 5.41. The largest absolute Gasteiger partial charge is 0.491 e. The first kappa shape index (κ1) is 25.0. The van der Waals surface area contributed by atoms with E-state index < -0.39 is 0 Å². The topological polar surface area (TPSA) is 62.9 Å². The van der Waals surface area contributed by atoms with Crippen LogP contribution in [0.5, 0.6) is 11.5 Å². The number of rotatable bonds is 18. The molecule has 2 rings (SSSR count). The minimum atomic E-state index is 0.502. The Morgan fingerprint density at radius 2 is 1.06 bits per heavy atom. The predicted octanol–water partition coefficient (Wildman–Crippen LogP) is 5.66. The highest BCUT2D eigenvalue weighted by Gasteiger charge is 1.98. The Morgan fingerprint density at radius 3 is 1.65 bits per heavy atom. The summed E-state index contributed by atoms with van der Waals surface area (Å²) in [6.45, 7) is 5.45. The van der Waals surface area contributed by atoms with E-state index in [4.69, 9.17) is 24.7 Å². The molecule has 0 bridgehead atoms. The van der Waals surface area contributed by atoms with Gasteiger partial charge in [0.25, 0.3) is 0 Å². The lowest BCUT2D eigenvalue weighted by atomic mass is 10.0. The summed E-state index contributed by atoms with van der Waals surface area (Å²) in [4.78, 5) is 0. The number of benzene rings is 2. The molecule has 31 heavy (non-hydrogen) atoms. The third-order valence-corrected chi connectivity index (χ3v) is 4.99. The van der Waals surface area contributed by atoms with Gasteiger partial charge in [-0.25, -0.2) is 0 Å². The minimum absolute atomic E-state index is 0.502. The van der Waals surface area contributed by atoms with E-state index in [1.165, 1.54) is 44.1 Å². The average Bonchev–Trinajstić information content (AvgIpc) is 2.79. The SMILES string of the molecule is CCCCCCCCc1ccc(OCCOCCOCCOc2ccc(N)cc2)cc1. The fourth-order valence-corrected chi connectivity index (χ4v) is 3.18. The maximum Gasteiger partial charge on any atom is 0.119 e. The lowest BCUT2D eigenvalue weighted by Crippen LogP contribution is -2.13. The number of hydrogen-bond donors (Lipinski definition) is 1. The van der Waals surface area contributed by atoms with Gasteiger partial charge in [0, 0.05) is 5.69 Å². The second-order valence-corrected chi connectivity index (χ2v) is 7.65. The van der Waals surface area contributed by atoms with Gasteiger partial charge in [-0.3, -0.25) is 0 Å². The zero-order valence-corrected chi connectivity index (χ0v) is 19.0. The van der Waals surface area contributed by atoms with Crippen molar-refractivity contribution in [1.82, 2.24) is 0 Å². The molecule has 5 heteroatoms. The number of ether oxygens (including phenoxy) is 4. The Kier molecular flexibility index (Phi) is 13.3. The summed E-state index contributed by atoms with van der Waals surface area (Å²) in [7, 11) is 0. The summed E-state index contributed by atoms with van der Waals surface area (Å²) in [6.07, 6.45) is 9.15. The number of nitrogens with two attached hydrogens (primary N) is 1. The van der Waals surface area contributed by atoms with E-state index in [2.05, 4.69) is 31.2 Å². The molecule has 0 saturated carbocycles. The molecule has 172 valence electrons. The quantitative estimate of drug-likeness (QED) is 0.245. The van der Waals surface area contributed by atoms with E-state index in [-0.39, 0.29) is 0 Å². The van der Waals surface area contributed by atoms with Crippen molar-refractivity contribution in [3.8, 4) is 11.5 Å². The van der Waals surface area contributed by atoms with Crippen LogP contribution in [0, 0.1) is 0 Å². The van der Waals surface area contributed by atoms with Crippen molar-refractivity contribution in [2.24, 2.45) is 0 Å². The fraction of sp³-hybridized carbons (Fsp3) is 0.538. The molecule has 0 fully saturated rings. The third kappa shape index (κ3) is 12.3. The van der Waals surface area contributed by atoms with Crippen LogP contribution in [0.3, 0.4) is 0 Å². The Bertz CT molecular complexity index is 673. The van der Waals surface area contributed by atoms with Gasteiger partial charge >= 0.3 is 0 Å². The van der Waals surface area contributed by atoms with E-state index in [0.717, 1.165) is 23.6 Å². The number of anilines is 1. The first-order valence-corrected chi connectivity index (χ1v) is 11.6. The second-order valence-electron chi connectivity index (χ2n) is 7.65. The van der Waals surface area contributed by atoms with Gasteiger partial charge < -0.3 is 24.7 Å². The molecule has 0 heterocycles. The first-order chi connectivity index (χ1) is 15.3. The molecule has 0 amide bonds. The van der Waals surface area contributed by atoms with Crippen LogP contribution in [0.1, 0.15) is 51.0 Å². The smallest absolute Gasteiger partial charge is 0.119 e. The van der Waals surface area contributed by atoms with Crippen molar-refractivity contribution in [1.29, 1.82) is 0 Å². The molecule has 2 aromatic carbocycles. The van der Waals surface area contributed by atoms with Crippen LogP contribution < -0.4 is 15.2 Å². The Balaban J connectivity index is 1.40. The van der Waals surface area contributed by atoms with E-state index in [1.54, 1.807) is 0 Å². The van der Waals surface area contributed by atoms with Crippen LogP contribution in [0.2, 0.25) is 0 Å². The number of nitrogen functional groups attached to an aromatic ring is 1. The molecule has 0 aliphatic rings. The maximum absolute atomic E-state index is 5.74. The minimum Gasteiger partial charge on any atom is -0.491 e. The van der Waals surface area contributed by atoms with Crippen molar-refractivity contribution in [3.05, 3.63) is 54.1 Å². The molecule has 0 aliphatic carbocycles. The van der Waals surface area contributed by atoms with E-state index >= 15 is 0 Å². The number of hydrogen-bond acceptors (Lipinski definition) is 5. The molecular formula is C26H39NO4. The van der Waals surface area contributed by atoms with Crippen LogP contribution >= 0.6 is 0 Å². The van der Waals surface area contributed by atoms with Crippen LogP contribution in [0.25, 0.3) is 0 Å². The first-order valence-electron chi connectivity index (χ1n) is 11.6. The van der Waals surface area contributed by atoms with E-state index in [9.17, 15) is 0 Å². The van der Waals surface area contributed by atoms with Crippen LogP contribution in [0.4, 0.5) is 5.69 Å². The number of unbranched alkanes of at least 4 members (excludes halogenated alkanes) is 5. The summed E-state index contributed by atoms with van der Waals surface area (Å²) in [5.41, 5.74) is 7.75. The second kappa shape index (κ2) is 16.5. The fourth-order valence-electron chi connectivity index (χ4n) is 3.18. The van der Waals surface area contributed by atoms with E-state index in [0.29, 0.717) is 39.6 Å². The van der Waals surface area contributed by atoms with Crippen molar-refractivity contribution < 1.29 is 18.9 Å². The normalized spacial score (nSPS) is 10.9. The van der Waals surface area contributed by atoms with Gasteiger partial charge in [0.15, 0.2) is 0 Å². The van der Waals surface area contributed by atoms with Crippen molar-refractivity contribution in [3.63, 3.8) is 0 Å². The maximum atomic E-state index is 5.74. The van der Waals surface area contributed by atoms with Crippen LogP contribution in [0.15, 0.2) is 48.5 Å². The van der Waals surface area contributed by atoms with E-state index in [1.807, 2.05) is 24.3 Å². The van der Waals surface area contributed by atoms with Crippen molar-refractivity contribution >= 4 is 5.69 Å². The Labute approximate surface area is 187 Å². The predicted molar refractivity (Wildman–Crippen MR) is 127 cm³/mol. The standard InChI is InChI=1S/C26H39NO4/c1-2-3-4-5-6-7-8-23-9-13-25(14-10-23)30-21-19-28-17-18-29-20-22-31-26-15-11-24(27)12-16-26/h9-16H,2-8,17-22,27H2,1H3. The summed E-state index contributed by atoms with van der Waals surface area (Å²) in [6, 6.07) is 15.8. The third-order valence-electron chi connectivity index (χ3n) is 4.99. The van der Waals surface area contributed by atoms with Gasteiger partial charge in [-0.2, -0.15) is 0 Å². The molecule has 0 radical (unpaired) electrons. The summed E-state index contributed by atoms with van der Waals surface area (Å²) < 4.78 is 22.3. The molecule has 0 atom stereocenters. The van der Waals surface area contributed by atoms with Crippen molar-refractivity contribution in [2.75, 3.05) is 45.4 Å². The molecule has 0 unspecified atom stereocenters. The van der Waals surface area contributed by atoms with Crippen LogP contribution in [-0.4, -0.2) is 39.6 Å². The van der Waals surface area contributed by atoms with Gasteiger partial charge in [-0.05, 0) is 54.8 Å². The number of aryl methyl sites for hydroxylation is 1. The molecule has 0 aromatic heterocycles. The highest BCUT2D eigenvalue weighted by atomic mass is 16.6. The molecule has 0 spiro atoms. The monoisotopic (exact) mass is 429 g/mol. The van der Waals surface area contributed by atoms with Gasteiger partial charge in [0.05, 0.1) is 26.4 Å². The lowest BCUT2D eigenvalue weighted by Gasteiger charge is -2.09. The summed E-state index contributed by atoms with van der Waals surface area (Å²) >= 11 is 0. The molecule has 2 N–H and O–H groups in total. The summed E-state index contributed by atoms with van der Waals surface area (Å²) in [5, 5.41) is 0.